The van der Waals surface area contributed by atoms with Crippen LogP contribution in [0.3, 0.4) is 0 Å². The molecule has 0 heterocycles. The topological polar surface area (TPSA) is 52.6 Å². The van der Waals surface area contributed by atoms with E-state index in [4.69, 9.17) is 0 Å². The van der Waals surface area contributed by atoms with Crippen molar-refractivity contribution in [2.75, 3.05) is 0 Å². The fourth-order valence-electron chi connectivity index (χ4n) is 1.48. The number of halogens is 4. The second kappa shape index (κ2) is 7.72. The molecule has 22 heavy (non-hydrogen) atoms. The maximum absolute atomic E-state index is 11.9. The van der Waals surface area contributed by atoms with E-state index in [-0.39, 0.29) is 11.1 Å². The van der Waals surface area contributed by atoms with Crippen molar-refractivity contribution in [3.63, 3.8) is 0 Å². The van der Waals surface area contributed by atoms with Crippen LogP contribution in [0.1, 0.15) is 20.7 Å². The van der Waals surface area contributed by atoms with E-state index < -0.39 is 11.9 Å². The first-order chi connectivity index (χ1) is 10.4. The molecule has 0 atom stereocenters. The Morgan fingerprint density at radius 1 is 0.682 bits per heavy atom. The zero-order valence-corrected chi connectivity index (χ0v) is 17.0. The largest absolute Gasteiger partial charge is 0.387 e. The lowest BCUT2D eigenvalue weighted by atomic mass is 10.2. The predicted octanol–water partition coefficient (Wildman–Crippen LogP) is 5.67. The minimum atomic E-state index is -0.777. The van der Waals surface area contributed by atoms with E-state index >= 15 is 0 Å². The van der Waals surface area contributed by atoms with Crippen LogP contribution in [0.5, 0.6) is 0 Å². The molecule has 2 aromatic rings. The Labute approximate surface area is 159 Å². The molecule has 114 valence electrons. The van der Waals surface area contributed by atoms with E-state index in [1.54, 1.807) is 36.4 Å². The first-order valence-electron chi connectivity index (χ1n) is 5.72. The zero-order valence-electron chi connectivity index (χ0n) is 10.6. The monoisotopic (exact) mass is 554 g/mol. The van der Waals surface area contributed by atoms with Gasteiger partial charge in [0.1, 0.15) is 0 Å². The molecule has 0 radical (unpaired) electrons. The number of benzene rings is 2. The summed E-state index contributed by atoms with van der Waals surface area (Å²) in [5.74, 6) is -1.55. The van der Waals surface area contributed by atoms with Gasteiger partial charge in [0.2, 0.25) is 0 Å². The van der Waals surface area contributed by atoms with Crippen LogP contribution in [0.4, 0.5) is 0 Å². The third-order valence-corrected chi connectivity index (χ3v) is 4.79. The van der Waals surface area contributed by atoms with Gasteiger partial charge in [-0.25, -0.2) is 19.4 Å². The summed E-state index contributed by atoms with van der Waals surface area (Å²) in [6, 6.07) is 9.80. The fourth-order valence-corrected chi connectivity index (χ4v) is 3.89. The van der Waals surface area contributed by atoms with Crippen LogP contribution in [0.15, 0.2) is 54.3 Å². The predicted molar refractivity (Wildman–Crippen MR) is 94.5 cm³/mol. The van der Waals surface area contributed by atoms with Crippen LogP contribution in [0.2, 0.25) is 0 Å². The molecule has 0 fully saturated rings. The van der Waals surface area contributed by atoms with Gasteiger partial charge >= 0.3 is 11.9 Å². The van der Waals surface area contributed by atoms with Crippen molar-refractivity contribution in [2.45, 2.75) is 0 Å². The van der Waals surface area contributed by atoms with Gasteiger partial charge in [-0.1, -0.05) is 31.9 Å². The summed E-state index contributed by atoms with van der Waals surface area (Å²) in [5.41, 5.74) is 0.483. The molecule has 0 unspecified atom stereocenters. The van der Waals surface area contributed by atoms with Gasteiger partial charge in [-0.15, -0.1) is 0 Å². The van der Waals surface area contributed by atoms with Gasteiger partial charge in [0, 0.05) is 17.9 Å². The van der Waals surface area contributed by atoms with Crippen molar-refractivity contribution in [3.05, 3.63) is 65.4 Å². The summed E-state index contributed by atoms with van der Waals surface area (Å²) in [7, 11) is 0. The molecule has 0 bridgehead atoms. The van der Waals surface area contributed by atoms with E-state index in [1.807, 2.05) is 0 Å². The quantitative estimate of drug-likeness (QED) is 0.353. The van der Waals surface area contributed by atoms with E-state index in [9.17, 15) is 9.59 Å². The van der Waals surface area contributed by atoms with Crippen molar-refractivity contribution in [1.82, 2.24) is 0 Å². The van der Waals surface area contributed by atoms with Crippen LogP contribution in [0.25, 0.3) is 0 Å². The lowest BCUT2D eigenvalue weighted by molar-refractivity contribution is -0.187. The average molecular weight is 558 g/mol. The molecule has 0 aliphatic rings. The number of hydrogen-bond acceptors (Lipinski definition) is 4. The molecular weight excluding hydrogens is 552 g/mol. The molecular formula is C14H6Br4O4. The van der Waals surface area contributed by atoms with E-state index in [2.05, 4.69) is 73.5 Å². The molecule has 0 N–H and O–H groups in total. The zero-order chi connectivity index (χ0) is 16.3. The summed E-state index contributed by atoms with van der Waals surface area (Å²) in [6.07, 6.45) is 0. The summed E-state index contributed by atoms with van der Waals surface area (Å²) < 4.78 is 2.64. The van der Waals surface area contributed by atoms with Gasteiger partial charge in [-0.2, -0.15) is 0 Å². The lowest BCUT2D eigenvalue weighted by Crippen LogP contribution is -2.12. The van der Waals surface area contributed by atoms with Gasteiger partial charge in [-0.05, 0) is 68.3 Å². The Kier molecular flexibility index (Phi) is 6.19. The number of carbonyl (C=O) groups excluding carboxylic acids is 2. The standard InChI is InChI=1S/C14H6Br4O4/c15-7-1-3-9(11(17)5-7)13(19)21-22-14(20)10-4-2-8(16)6-12(10)18/h1-6H. The highest BCUT2D eigenvalue weighted by atomic mass is 79.9. The summed E-state index contributed by atoms with van der Waals surface area (Å²) in [5, 5.41) is 0. The maximum Gasteiger partial charge on any atom is 0.387 e. The fraction of sp³-hybridized carbons (Fsp3) is 0. The minimum absolute atomic E-state index is 0.242. The average Bonchev–Trinajstić information content (AvgIpc) is 2.44. The number of carbonyl (C=O) groups is 2. The van der Waals surface area contributed by atoms with Crippen molar-refractivity contribution in [1.29, 1.82) is 0 Å². The molecule has 0 spiro atoms. The van der Waals surface area contributed by atoms with Crippen LogP contribution < -0.4 is 0 Å². The summed E-state index contributed by atoms with van der Waals surface area (Å²) in [4.78, 5) is 32.9. The third-order valence-electron chi connectivity index (χ3n) is 2.50. The normalized spacial score (nSPS) is 10.2. The van der Waals surface area contributed by atoms with E-state index in [0.29, 0.717) is 8.95 Å². The molecule has 0 amide bonds. The highest BCUT2D eigenvalue weighted by molar-refractivity contribution is 9.11. The number of rotatable bonds is 2. The molecule has 2 aromatic carbocycles. The van der Waals surface area contributed by atoms with Gasteiger partial charge in [0.05, 0.1) is 11.1 Å². The van der Waals surface area contributed by atoms with E-state index in [1.165, 1.54) is 0 Å². The van der Waals surface area contributed by atoms with Gasteiger partial charge < -0.3 is 0 Å². The minimum Gasteiger partial charge on any atom is -0.241 e. The molecule has 0 aliphatic carbocycles. The smallest absolute Gasteiger partial charge is 0.241 e. The first-order valence-corrected chi connectivity index (χ1v) is 8.89. The lowest BCUT2D eigenvalue weighted by Gasteiger charge is -2.06. The van der Waals surface area contributed by atoms with Crippen molar-refractivity contribution in [2.24, 2.45) is 0 Å². The highest BCUT2D eigenvalue weighted by Crippen LogP contribution is 2.24. The van der Waals surface area contributed by atoms with Gasteiger partial charge in [0.15, 0.2) is 0 Å². The summed E-state index contributed by atoms with van der Waals surface area (Å²) >= 11 is 13.0. The van der Waals surface area contributed by atoms with E-state index in [0.717, 1.165) is 8.95 Å². The Balaban J connectivity index is 2.06. The SMILES string of the molecule is O=C(OOC(=O)c1ccc(Br)cc1Br)c1ccc(Br)cc1Br. The van der Waals surface area contributed by atoms with Crippen molar-refractivity contribution >= 4 is 75.7 Å². The molecule has 0 saturated heterocycles. The Bertz CT molecular complexity index is 682. The second-order valence-corrected chi connectivity index (χ2v) is 7.53. The van der Waals surface area contributed by atoms with Crippen LogP contribution in [-0.4, -0.2) is 11.9 Å². The molecule has 0 aliphatic heterocycles. The second-order valence-electron chi connectivity index (χ2n) is 3.99. The van der Waals surface area contributed by atoms with Crippen LogP contribution >= 0.6 is 63.7 Å². The van der Waals surface area contributed by atoms with Gasteiger partial charge in [-0.3, -0.25) is 0 Å². The first kappa shape index (κ1) is 17.7. The molecule has 8 heteroatoms. The Morgan fingerprint density at radius 2 is 1.05 bits per heavy atom. The van der Waals surface area contributed by atoms with Crippen LogP contribution in [0, 0.1) is 0 Å². The number of hydrogen-bond donors (Lipinski definition) is 0. The molecule has 2 rings (SSSR count). The van der Waals surface area contributed by atoms with Crippen molar-refractivity contribution in [3.8, 4) is 0 Å². The molecule has 4 nitrogen and oxygen atoms in total. The van der Waals surface area contributed by atoms with Gasteiger partial charge in [0.25, 0.3) is 0 Å². The Morgan fingerprint density at radius 3 is 1.36 bits per heavy atom. The maximum atomic E-state index is 11.9. The highest BCUT2D eigenvalue weighted by Gasteiger charge is 2.18. The third kappa shape index (κ3) is 4.41. The van der Waals surface area contributed by atoms with Crippen molar-refractivity contribution < 1.29 is 19.4 Å². The molecule has 0 saturated carbocycles. The molecule has 0 aromatic heterocycles. The Hall–Kier alpha value is -0.700. The summed E-state index contributed by atoms with van der Waals surface area (Å²) in [6.45, 7) is 0. The van der Waals surface area contributed by atoms with Crippen LogP contribution in [-0.2, 0) is 9.78 Å².